The topological polar surface area (TPSA) is 52.3 Å². The Hall–Kier alpha value is -0.280. The summed E-state index contributed by atoms with van der Waals surface area (Å²) in [6.07, 6.45) is 0. The highest BCUT2D eigenvalue weighted by molar-refractivity contribution is 5.85. The number of nitrogens with two attached hydrogens (primary N) is 1. The smallest absolute Gasteiger partial charge is 0.309 e. The third kappa shape index (κ3) is 3.69. The second kappa shape index (κ2) is 5.50. The Balaban J connectivity index is 0. The molecule has 2 unspecified atom stereocenters. The van der Waals surface area contributed by atoms with E-state index in [1.165, 1.54) is 7.11 Å². The molecule has 0 spiro atoms. The van der Waals surface area contributed by atoms with E-state index in [-0.39, 0.29) is 30.3 Å². The van der Waals surface area contributed by atoms with E-state index in [0.717, 1.165) is 0 Å². The fraction of sp³-hybridized carbons (Fsp3) is 0.833. The summed E-state index contributed by atoms with van der Waals surface area (Å²) in [4.78, 5) is 10.7. The van der Waals surface area contributed by atoms with E-state index in [1.807, 2.05) is 0 Å². The predicted octanol–water partition coefficient (Wildman–Crippen LogP) is 0.564. The van der Waals surface area contributed by atoms with Crippen LogP contribution in [-0.2, 0) is 9.53 Å². The number of hydrogen-bond acceptors (Lipinski definition) is 3. The maximum Gasteiger partial charge on any atom is 0.309 e. The van der Waals surface area contributed by atoms with Gasteiger partial charge in [-0.1, -0.05) is 6.92 Å². The van der Waals surface area contributed by atoms with Gasteiger partial charge in [0.25, 0.3) is 0 Å². The third-order valence-corrected chi connectivity index (χ3v) is 1.36. The first kappa shape index (κ1) is 12.4. The molecule has 0 rings (SSSR count). The van der Waals surface area contributed by atoms with Gasteiger partial charge in [0.1, 0.15) is 0 Å². The van der Waals surface area contributed by atoms with Gasteiger partial charge in [-0.25, -0.2) is 0 Å². The van der Waals surface area contributed by atoms with Crippen LogP contribution in [0.1, 0.15) is 13.8 Å². The summed E-state index contributed by atoms with van der Waals surface area (Å²) in [5.74, 6) is -0.444. The maximum absolute atomic E-state index is 10.7. The molecule has 62 valence electrons. The van der Waals surface area contributed by atoms with Crippen LogP contribution in [0, 0.1) is 5.92 Å². The van der Waals surface area contributed by atoms with Crippen LogP contribution in [0.15, 0.2) is 0 Å². The van der Waals surface area contributed by atoms with E-state index in [0.29, 0.717) is 0 Å². The molecule has 0 aliphatic rings. The van der Waals surface area contributed by atoms with Crippen molar-refractivity contribution in [2.24, 2.45) is 11.7 Å². The number of methoxy groups -OCH3 is 1. The first-order chi connectivity index (χ1) is 4.09. The number of esters is 1. The molecule has 4 heteroatoms. The van der Waals surface area contributed by atoms with Crippen molar-refractivity contribution in [2.45, 2.75) is 19.9 Å². The molecule has 0 aromatic carbocycles. The van der Waals surface area contributed by atoms with Gasteiger partial charge >= 0.3 is 5.97 Å². The SMILES string of the molecule is COC(=O)C(C)C(C)N.Cl. The number of hydrogen-bond donors (Lipinski definition) is 1. The van der Waals surface area contributed by atoms with Gasteiger partial charge in [0, 0.05) is 6.04 Å². The highest BCUT2D eigenvalue weighted by Gasteiger charge is 2.16. The standard InChI is InChI=1S/C6H13NO2.ClH/c1-4(5(2)7)6(8)9-3;/h4-5H,7H2,1-3H3;1H. The minimum atomic E-state index is -0.245. The number of halogens is 1. The van der Waals surface area contributed by atoms with Crippen molar-refractivity contribution in [3.63, 3.8) is 0 Å². The Kier molecular flexibility index (Phi) is 6.82. The van der Waals surface area contributed by atoms with Crippen LogP contribution in [-0.4, -0.2) is 19.1 Å². The van der Waals surface area contributed by atoms with Gasteiger partial charge in [-0.2, -0.15) is 0 Å². The summed E-state index contributed by atoms with van der Waals surface area (Å²) in [5, 5.41) is 0. The second-order valence-corrected chi connectivity index (χ2v) is 2.17. The number of carbonyl (C=O) groups is 1. The molecule has 2 atom stereocenters. The number of rotatable bonds is 2. The summed E-state index contributed by atoms with van der Waals surface area (Å²) in [6, 6.07) is -0.127. The lowest BCUT2D eigenvalue weighted by Gasteiger charge is -2.11. The first-order valence-corrected chi connectivity index (χ1v) is 2.93. The fourth-order valence-electron chi connectivity index (χ4n) is 0.401. The molecule has 2 N–H and O–H groups in total. The molecule has 0 aliphatic heterocycles. The van der Waals surface area contributed by atoms with Gasteiger partial charge in [-0.05, 0) is 6.92 Å². The highest BCUT2D eigenvalue weighted by Crippen LogP contribution is 2.00. The van der Waals surface area contributed by atoms with Crippen molar-refractivity contribution in [1.82, 2.24) is 0 Å². The first-order valence-electron chi connectivity index (χ1n) is 2.93. The summed E-state index contributed by atoms with van der Waals surface area (Å²) < 4.78 is 4.45. The zero-order valence-corrected chi connectivity index (χ0v) is 7.27. The summed E-state index contributed by atoms with van der Waals surface area (Å²) in [5.41, 5.74) is 5.41. The molecule has 0 saturated heterocycles. The van der Waals surface area contributed by atoms with Crippen LogP contribution in [0.4, 0.5) is 0 Å². The fourth-order valence-corrected chi connectivity index (χ4v) is 0.401. The van der Waals surface area contributed by atoms with Crippen molar-refractivity contribution in [1.29, 1.82) is 0 Å². The molecule has 0 fully saturated rings. The molecule has 0 saturated carbocycles. The average molecular weight is 168 g/mol. The monoisotopic (exact) mass is 167 g/mol. The van der Waals surface area contributed by atoms with Gasteiger partial charge in [-0.15, -0.1) is 12.4 Å². The minimum Gasteiger partial charge on any atom is -0.469 e. The molecule has 10 heavy (non-hydrogen) atoms. The van der Waals surface area contributed by atoms with Crippen molar-refractivity contribution in [2.75, 3.05) is 7.11 Å². The van der Waals surface area contributed by atoms with Crippen molar-refractivity contribution in [3.05, 3.63) is 0 Å². The van der Waals surface area contributed by atoms with Crippen LogP contribution >= 0.6 is 12.4 Å². The normalized spacial score (nSPS) is 14.8. The Morgan fingerprint density at radius 2 is 1.90 bits per heavy atom. The Morgan fingerprint density at radius 1 is 1.50 bits per heavy atom. The largest absolute Gasteiger partial charge is 0.469 e. The van der Waals surface area contributed by atoms with Crippen LogP contribution in [0.25, 0.3) is 0 Å². The molecular weight excluding hydrogens is 154 g/mol. The Bertz CT molecular complexity index is 106. The minimum absolute atomic E-state index is 0. The zero-order chi connectivity index (χ0) is 7.44. The highest BCUT2D eigenvalue weighted by atomic mass is 35.5. The van der Waals surface area contributed by atoms with Crippen molar-refractivity contribution >= 4 is 18.4 Å². The molecule has 3 nitrogen and oxygen atoms in total. The van der Waals surface area contributed by atoms with E-state index in [1.54, 1.807) is 13.8 Å². The molecule has 0 amide bonds. The molecule has 0 heterocycles. The van der Waals surface area contributed by atoms with Crippen LogP contribution in [0.2, 0.25) is 0 Å². The summed E-state index contributed by atoms with van der Waals surface area (Å²) in [6.45, 7) is 3.53. The summed E-state index contributed by atoms with van der Waals surface area (Å²) >= 11 is 0. The lowest BCUT2D eigenvalue weighted by atomic mass is 10.1. The Labute approximate surface area is 67.3 Å². The number of carbonyl (C=O) groups excluding carboxylic acids is 1. The average Bonchev–Trinajstić information content (AvgIpc) is 1.84. The van der Waals surface area contributed by atoms with Gasteiger partial charge in [-0.3, -0.25) is 4.79 Å². The van der Waals surface area contributed by atoms with Gasteiger partial charge in [0.15, 0.2) is 0 Å². The van der Waals surface area contributed by atoms with Crippen molar-refractivity contribution in [3.8, 4) is 0 Å². The Morgan fingerprint density at radius 3 is 2.00 bits per heavy atom. The lowest BCUT2D eigenvalue weighted by molar-refractivity contribution is -0.145. The molecule has 0 radical (unpaired) electrons. The van der Waals surface area contributed by atoms with Crippen LogP contribution in [0.3, 0.4) is 0 Å². The van der Waals surface area contributed by atoms with Gasteiger partial charge < -0.3 is 10.5 Å². The zero-order valence-electron chi connectivity index (χ0n) is 6.46. The molecule has 0 aliphatic carbocycles. The van der Waals surface area contributed by atoms with E-state index in [4.69, 9.17) is 5.73 Å². The van der Waals surface area contributed by atoms with E-state index >= 15 is 0 Å². The second-order valence-electron chi connectivity index (χ2n) is 2.17. The lowest BCUT2D eigenvalue weighted by Crippen LogP contribution is -2.31. The third-order valence-electron chi connectivity index (χ3n) is 1.36. The van der Waals surface area contributed by atoms with E-state index < -0.39 is 0 Å². The van der Waals surface area contributed by atoms with Gasteiger partial charge in [0.2, 0.25) is 0 Å². The maximum atomic E-state index is 10.7. The number of ether oxygens (including phenoxy) is 1. The van der Waals surface area contributed by atoms with Crippen LogP contribution < -0.4 is 5.73 Å². The van der Waals surface area contributed by atoms with Crippen molar-refractivity contribution < 1.29 is 9.53 Å². The van der Waals surface area contributed by atoms with Gasteiger partial charge in [0.05, 0.1) is 13.0 Å². The summed E-state index contributed by atoms with van der Waals surface area (Å²) in [7, 11) is 1.36. The van der Waals surface area contributed by atoms with Crippen LogP contribution in [0.5, 0.6) is 0 Å². The molecule has 0 aromatic rings. The quantitative estimate of drug-likeness (QED) is 0.612. The molecular formula is C6H14ClNO2. The van der Waals surface area contributed by atoms with E-state index in [9.17, 15) is 4.79 Å². The molecule has 0 aromatic heterocycles. The predicted molar refractivity (Wildman–Crippen MR) is 42.1 cm³/mol. The van der Waals surface area contributed by atoms with E-state index in [2.05, 4.69) is 4.74 Å². The molecule has 0 bridgehead atoms.